The molecule has 0 aliphatic heterocycles. The molecule has 0 spiro atoms. The molecule has 0 heterocycles. The molecule has 4 rings (SSSR count). The summed E-state index contributed by atoms with van der Waals surface area (Å²) in [6, 6.07) is 30.9. The number of benzene rings is 3. The van der Waals surface area contributed by atoms with Crippen LogP contribution in [0, 0.1) is 3.57 Å². The molecule has 0 fully saturated rings. The van der Waals surface area contributed by atoms with Crippen molar-refractivity contribution < 1.29 is 0 Å². The largest absolute Gasteiger partial charge is 0.0842 e. The molecule has 0 N–H and O–H groups in total. The van der Waals surface area contributed by atoms with Gasteiger partial charge in [-0.2, -0.15) is 0 Å². The molecule has 1 aliphatic rings. The van der Waals surface area contributed by atoms with Crippen LogP contribution in [-0.4, -0.2) is 0 Å². The van der Waals surface area contributed by atoms with Gasteiger partial charge >= 0.3 is 0 Å². The summed E-state index contributed by atoms with van der Waals surface area (Å²) in [5.74, 6) is 0. The van der Waals surface area contributed by atoms with Gasteiger partial charge in [-0.3, -0.25) is 0 Å². The van der Waals surface area contributed by atoms with E-state index in [2.05, 4.69) is 126 Å². The van der Waals surface area contributed by atoms with Crippen LogP contribution in [0.5, 0.6) is 0 Å². The maximum absolute atomic E-state index is 2.38. The fraction of sp³-hybridized carbons (Fsp3) is 0.120. The predicted octanol–water partition coefficient (Wildman–Crippen LogP) is 6.90. The Hall–Kier alpha value is -2.13. The van der Waals surface area contributed by atoms with E-state index in [0.717, 1.165) is 12.8 Å². The van der Waals surface area contributed by atoms with Gasteiger partial charge in [0.1, 0.15) is 0 Å². The highest BCUT2D eigenvalue weighted by Crippen LogP contribution is 2.47. The first-order valence-corrected chi connectivity index (χ1v) is 10.1. The van der Waals surface area contributed by atoms with Crippen molar-refractivity contribution in [2.45, 2.75) is 18.3 Å². The van der Waals surface area contributed by atoms with Gasteiger partial charge in [0.05, 0.1) is 5.41 Å². The van der Waals surface area contributed by atoms with Crippen molar-refractivity contribution >= 4 is 22.6 Å². The van der Waals surface area contributed by atoms with Gasteiger partial charge < -0.3 is 0 Å². The minimum absolute atomic E-state index is 0.252. The highest BCUT2D eigenvalue weighted by Gasteiger charge is 2.39. The zero-order valence-corrected chi connectivity index (χ0v) is 16.8. The van der Waals surface area contributed by atoms with Gasteiger partial charge in [-0.15, -0.1) is 0 Å². The summed E-state index contributed by atoms with van der Waals surface area (Å²) in [5, 5.41) is 0. The summed E-state index contributed by atoms with van der Waals surface area (Å²) in [6.45, 7) is 0. The van der Waals surface area contributed by atoms with Gasteiger partial charge in [0.2, 0.25) is 0 Å². The van der Waals surface area contributed by atoms with Crippen LogP contribution in [0.15, 0.2) is 109 Å². The number of hydrogen-bond donors (Lipinski definition) is 0. The average molecular weight is 448 g/mol. The van der Waals surface area contributed by atoms with Gasteiger partial charge in [0, 0.05) is 3.57 Å². The molecule has 0 unspecified atom stereocenters. The lowest BCUT2D eigenvalue weighted by atomic mass is 9.63. The zero-order chi connectivity index (χ0) is 17.8. The van der Waals surface area contributed by atoms with Crippen molar-refractivity contribution in [2.75, 3.05) is 0 Å². The third-order valence-corrected chi connectivity index (χ3v) is 5.91. The number of rotatable bonds is 4. The first-order valence-electron chi connectivity index (χ1n) is 9.05. The van der Waals surface area contributed by atoms with Crippen LogP contribution >= 0.6 is 22.6 Å². The lowest BCUT2D eigenvalue weighted by Gasteiger charge is -2.39. The van der Waals surface area contributed by atoms with Crippen molar-refractivity contribution in [3.05, 3.63) is 129 Å². The van der Waals surface area contributed by atoms with Gasteiger partial charge in [0.15, 0.2) is 0 Å². The van der Waals surface area contributed by atoms with Crippen LogP contribution in [-0.2, 0) is 5.41 Å². The Bertz CT molecular complexity index is 879. The van der Waals surface area contributed by atoms with Gasteiger partial charge in [-0.05, 0) is 64.3 Å². The van der Waals surface area contributed by atoms with Gasteiger partial charge in [-0.25, -0.2) is 0 Å². The summed E-state index contributed by atoms with van der Waals surface area (Å²) >= 11 is 2.38. The molecule has 0 bridgehead atoms. The number of halogens is 1. The third kappa shape index (κ3) is 3.05. The summed E-state index contributed by atoms with van der Waals surface area (Å²) in [4.78, 5) is 0. The molecule has 0 radical (unpaired) electrons. The second kappa shape index (κ2) is 7.63. The molecule has 0 saturated heterocycles. The minimum Gasteiger partial charge on any atom is -0.0842 e. The van der Waals surface area contributed by atoms with Crippen LogP contribution in [0.1, 0.15) is 29.5 Å². The molecule has 1 heteroatoms. The Morgan fingerprint density at radius 3 is 1.69 bits per heavy atom. The molecule has 0 aromatic heterocycles. The predicted molar refractivity (Wildman–Crippen MR) is 118 cm³/mol. The second-order valence-electron chi connectivity index (χ2n) is 6.65. The van der Waals surface area contributed by atoms with E-state index >= 15 is 0 Å². The Labute approximate surface area is 169 Å². The molecule has 0 atom stereocenters. The van der Waals surface area contributed by atoms with Crippen molar-refractivity contribution in [1.29, 1.82) is 0 Å². The van der Waals surface area contributed by atoms with Crippen molar-refractivity contribution in [1.82, 2.24) is 0 Å². The Balaban J connectivity index is 2.08. The zero-order valence-electron chi connectivity index (χ0n) is 14.6. The first kappa shape index (κ1) is 17.3. The van der Waals surface area contributed by atoms with Crippen molar-refractivity contribution in [3.63, 3.8) is 0 Å². The standard InChI is InChI=1S/C25H21I/c26-24-18-16-23(17-19-24)25(20-10-4-1-5-11-20,21-12-6-2-7-13-21)22-14-8-3-9-15-22/h1-8,10-14,16-19H,9,15H2. The molecule has 0 nitrogen and oxygen atoms in total. The summed E-state index contributed by atoms with van der Waals surface area (Å²) in [7, 11) is 0. The highest BCUT2D eigenvalue weighted by atomic mass is 127. The highest BCUT2D eigenvalue weighted by molar-refractivity contribution is 14.1. The van der Waals surface area contributed by atoms with Crippen LogP contribution < -0.4 is 0 Å². The SMILES string of the molecule is Ic1ccc(C(C2=CC=CCC2)(c2ccccc2)c2ccccc2)cc1. The van der Waals surface area contributed by atoms with Crippen molar-refractivity contribution in [2.24, 2.45) is 0 Å². The maximum atomic E-state index is 2.38. The fourth-order valence-electron chi connectivity index (χ4n) is 4.05. The van der Waals surface area contributed by atoms with E-state index in [1.807, 2.05) is 0 Å². The van der Waals surface area contributed by atoms with E-state index in [4.69, 9.17) is 0 Å². The third-order valence-electron chi connectivity index (χ3n) is 5.19. The lowest BCUT2D eigenvalue weighted by molar-refractivity contribution is 0.676. The summed E-state index contributed by atoms with van der Waals surface area (Å²) in [6.07, 6.45) is 8.97. The molecule has 3 aromatic rings. The quantitative estimate of drug-likeness (QED) is 0.301. The van der Waals surface area contributed by atoms with E-state index in [1.165, 1.54) is 25.8 Å². The summed E-state index contributed by atoms with van der Waals surface area (Å²) in [5.41, 5.74) is 5.19. The maximum Gasteiger partial charge on any atom is 0.0664 e. The molecule has 1 aliphatic carbocycles. The Morgan fingerprint density at radius 2 is 1.19 bits per heavy atom. The molecule has 3 aromatic carbocycles. The molecule has 0 amide bonds. The minimum atomic E-state index is -0.252. The fourth-order valence-corrected chi connectivity index (χ4v) is 4.41. The average Bonchev–Trinajstić information content (AvgIpc) is 2.72. The number of allylic oxidation sites excluding steroid dienone is 4. The van der Waals surface area contributed by atoms with E-state index in [1.54, 1.807) is 0 Å². The van der Waals surface area contributed by atoms with E-state index in [9.17, 15) is 0 Å². The molecular formula is C25H21I. The Kier molecular flexibility index (Phi) is 5.07. The second-order valence-corrected chi connectivity index (χ2v) is 7.89. The first-order chi connectivity index (χ1) is 12.8. The monoisotopic (exact) mass is 448 g/mol. The lowest BCUT2D eigenvalue weighted by Crippen LogP contribution is -2.32. The van der Waals surface area contributed by atoms with E-state index in [-0.39, 0.29) is 5.41 Å². The van der Waals surface area contributed by atoms with E-state index < -0.39 is 0 Å². The summed E-state index contributed by atoms with van der Waals surface area (Å²) < 4.78 is 1.26. The van der Waals surface area contributed by atoms with Crippen LogP contribution in [0.4, 0.5) is 0 Å². The van der Waals surface area contributed by atoms with Crippen LogP contribution in [0.25, 0.3) is 0 Å². The molecule has 0 saturated carbocycles. The molecule has 128 valence electrons. The molecular weight excluding hydrogens is 427 g/mol. The number of hydrogen-bond acceptors (Lipinski definition) is 0. The van der Waals surface area contributed by atoms with E-state index in [0.29, 0.717) is 0 Å². The van der Waals surface area contributed by atoms with Crippen LogP contribution in [0.3, 0.4) is 0 Å². The van der Waals surface area contributed by atoms with Crippen molar-refractivity contribution in [3.8, 4) is 0 Å². The molecule has 26 heavy (non-hydrogen) atoms. The van der Waals surface area contributed by atoms with Gasteiger partial charge in [-0.1, -0.05) is 96.6 Å². The van der Waals surface area contributed by atoms with Crippen LogP contribution in [0.2, 0.25) is 0 Å². The normalized spacial score (nSPS) is 14.1. The Morgan fingerprint density at radius 1 is 0.654 bits per heavy atom. The smallest absolute Gasteiger partial charge is 0.0664 e. The topological polar surface area (TPSA) is 0 Å². The van der Waals surface area contributed by atoms with Gasteiger partial charge in [0.25, 0.3) is 0 Å².